The summed E-state index contributed by atoms with van der Waals surface area (Å²) in [6.07, 6.45) is 9.89. The van der Waals surface area contributed by atoms with Crippen LogP contribution in [0.5, 0.6) is 0 Å². The van der Waals surface area contributed by atoms with E-state index in [9.17, 15) is 14.4 Å². The number of ether oxygens (including phenoxy) is 1. The fraction of sp³-hybridized carbons (Fsp3) is 0.552. The van der Waals surface area contributed by atoms with Crippen LogP contribution in [0.1, 0.15) is 95.5 Å². The van der Waals surface area contributed by atoms with Gasteiger partial charge in [0.2, 0.25) is 0 Å². The third-order valence-corrected chi connectivity index (χ3v) is 9.17. The topological polar surface area (TPSA) is 129 Å². The maximum absolute atomic E-state index is 15.6. The third-order valence-electron chi connectivity index (χ3n) is 9.17. The van der Waals surface area contributed by atoms with Crippen molar-refractivity contribution in [1.82, 2.24) is 4.57 Å². The van der Waals surface area contributed by atoms with Crippen LogP contribution in [0.3, 0.4) is 0 Å². The quantitative estimate of drug-likeness (QED) is 0.496. The Labute approximate surface area is 221 Å². The largest absolute Gasteiger partial charge is 0.461 e. The van der Waals surface area contributed by atoms with Crippen molar-refractivity contribution in [2.75, 3.05) is 11.9 Å². The summed E-state index contributed by atoms with van der Waals surface area (Å²) in [4.78, 5) is 37.2. The second kappa shape index (κ2) is 9.52. The number of anilines is 1. The molecule has 0 aliphatic heterocycles. The number of Topliss-reactive ketones (excluding diaryl/α,β-unsaturated/α-hetero) is 1. The maximum atomic E-state index is 15.6. The van der Waals surface area contributed by atoms with Gasteiger partial charge in [0.25, 0.3) is 5.91 Å². The number of nitrogens with two attached hydrogens (primary N) is 2. The lowest BCUT2D eigenvalue weighted by Crippen LogP contribution is -2.39. The van der Waals surface area contributed by atoms with E-state index in [1.807, 2.05) is 6.07 Å². The van der Waals surface area contributed by atoms with Gasteiger partial charge < -0.3 is 26.1 Å². The standard InChI is InChI=1S/C29H35FN4O4/c30-20-11-17(12-21(27(20)28(32)37)33-16-5-7-18(8-6-16)38-25(36)15-31)34-22-4-1-3-19(22)26-23(34)13-29(9-2-10-29)14-24(26)35/h11-12,16,18,33H,1-10,13-15,31H2,(H2,32,37)/t16-,18-. The van der Waals surface area contributed by atoms with Crippen molar-refractivity contribution < 1.29 is 23.5 Å². The van der Waals surface area contributed by atoms with Crippen LogP contribution >= 0.6 is 0 Å². The minimum atomic E-state index is -0.828. The molecule has 6 rings (SSSR count). The zero-order valence-corrected chi connectivity index (χ0v) is 21.6. The molecule has 0 unspecified atom stereocenters. The monoisotopic (exact) mass is 522 g/mol. The van der Waals surface area contributed by atoms with E-state index in [1.165, 1.54) is 6.07 Å². The maximum Gasteiger partial charge on any atom is 0.319 e. The Morgan fingerprint density at radius 3 is 2.50 bits per heavy atom. The molecule has 1 spiro atoms. The number of nitrogens with zero attached hydrogens (tertiary/aromatic N) is 1. The number of amides is 1. The molecule has 202 valence electrons. The van der Waals surface area contributed by atoms with Crippen LogP contribution in [0.25, 0.3) is 5.69 Å². The highest BCUT2D eigenvalue weighted by Crippen LogP contribution is 2.52. The summed E-state index contributed by atoms with van der Waals surface area (Å²) in [7, 11) is 0. The molecule has 9 heteroatoms. The molecule has 1 aromatic carbocycles. The number of nitrogens with one attached hydrogen (secondary N) is 1. The fourth-order valence-electron chi connectivity index (χ4n) is 7.24. The summed E-state index contributed by atoms with van der Waals surface area (Å²) in [5.41, 5.74) is 15.9. The fourth-order valence-corrected chi connectivity index (χ4v) is 7.24. The summed E-state index contributed by atoms with van der Waals surface area (Å²) in [5, 5.41) is 3.37. The number of esters is 1. The molecule has 0 atom stereocenters. The van der Waals surface area contributed by atoms with E-state index < -0.39 is 17.7 Å². The predicted octanol–water partition coefficient (Wildman–Crippen LogP) is 3.73. The van der Waals surface area contributed by atoms with Gasteiger partial charge in [-0.15, -0.1) is 0 Å². The van der Waals surface area contributed by atoms with E-state index in [1.54, 1.807) is 0 Å². The molecule has 8 nitrogen and oxygen atoms in total. The lowest BCUT2D eigenvalue weighted by atomic mass is 9.60. The minimum absolute atomic E-state index is 0.0281. The zero-order chi connectivity index (χ0) is 26.6. The van der Waals surface area contributed by atoms with Gasteiger partial charge in [0.1, 0.15) is 11.9 Å². The Morgan fingerprint density at radius 2 is 1.84 bits per heavy atom. The minimum Gasteiger partial charge on any atom is -0.461 e. The molecule has 0 saturated heterocycles. The van der Waals surface area contributed by atoms with Crippen LogP contribution in [0.4, 0.5) is 10.1 Å². The first kappa shape index (κ1) is 25.1. The van der Waals surface area contributed by atoms with Gasteiger partial charge in [-0.1, -0.05) is 6.42 Å². The van der Waals surface area contributed by atoms with Crippen molar-refractivity contribution in [2.24, 2.45) is 16.9 Å². The SMILES string of the molecule is NCC(=O)O[C@H]1CC[C@H](Nc2cc(-n3c4c(c5c3CC3(CCC3)CC5=O)CCC4)cc(F)c2C(N)=O)CC1. The number of hydrogen-bond acceptors (Lipinski definition) is 6. The Balaban J connectivity index is 1.35. The average Bonchev–Trinajstić information content (AvgIpc) is 3.43. The van der Waals surface area contributed by atoms with Crippen molar-refractivity contribution in [2.45, 2.75) is 89.2 Å². The zero-order valence-electron chi connectivity index (χ0n) is 21.6. The molecule has 4 aliphatic rings. The number of rotatable bonds is 6. The average molecular weight is 523 g/mol. The first-order valence-electron chi connectivity index (χ1n) is 13.9. The van der Waals surface area contributed by atoms with Crippen LogP contribution in [-0.4, -0.2) is 40.9 Å². The van der Waals surface area contributed by atoms with Crippen LogP contribution in [0, 0.1) is 11.2 Å². The summed E-state index contributed by atoms with van der Waals surface area (Å²) < 4.78 is 23.0. The van der Waals surface area contributed by atoms with Gasteiger partial charge in [-0.25, -0.2) is 4.39 Å². The van der Waals surface area contributed by atoms with Crippen molar-refractivity contribution in [3.63, 3.8) is 0 Å². The first-order chi connectivity index (χ1) is 18.3. The van der Waals surface area contributed by atoms with Crippen molar-refractivity contribution in [3.8, 4) is 5.69 Å². The molecule has 1 amide bonds. The van der Waals surface area contributed by atoms with Gasteiger partial charge in [-0.05, 0) is 87.3 Å². The number of hydrogen-bond donors (Lipinski definition) is 3. The first-order valence-corrected chi connectivity index (χ1v) is 13.9. The molecule has 1 heterocycles. The number of primary amides is 1. The molecular formula is C29H35FN4O4. The summed E-state index contributed by atoms with van der Waals surface area (Å²) >= 11 is 0. The highest BCUT2D eigenvalue weighted by Gasteiger charge is 2.46. The number of fused-ring (bicyclic) bond motifs is 3. The number of ketones is 1. The van der Waals surface area contributed by atoms with Crippen LogP contribution in [0.15, 0.2) is 12.1 Å². The summed E-state index contributed by atoms with van der Waals surface area (Å²) in [6, 6.07) is 3.18. The van der Waals surface area contributed by atoms with E-state index in [2.05, 4.69) is 9.88 Å². The Bertz CT molecular complexity index is 1320. The lowest BCUT2D eigenvalue weighted by molar-refractivity contribution is -0.148. The highest BCUT2D eigenvalue weighted by atomic mass is 19.1. The van der Waals surface area contributed by atoms with Gasteiger partial charge in [-0.2, -0.15) is 0 Å². The second-order valence-electron chi connectivity index (χ2n) is 11.6. The molecular weight excluding hydrogens is 487 g/mol. The Kier molecular flexibility index (Phi) is 6.29. The molecule has 4 aliphatic carbocycles. The number of halogens is 1. The molecule has 1 aromatic heterocycles. The number of aromatic nitrogens is 1. The Morgan fingerprint density at radius 1 is 1.08 bits per heavy atom. The van der Waals surface area contributed by atoms with E-state index in [0.717, 1.165) is 67.5 Å². The number of benzene rings is 1. The van der Waals surface area contributed by atoms with Crippen molar-refractivity contribution >= 4 is 23.3 Å². The van der Waals surface area contributed by atoms with Crippen molar-refractivity contribution in [1.29, 1.82) is 0 Å². The summed E-state index contributed by atoms with van der Waals surface area (Å²) in [6.45, 7) is -0.147. The van der Waals surface area contributed by atoms with Crippen LogP contribution < -0.4 is 16.8 Å². The molecule has 2 aromatic rings. The predicted molar refractivity (Wildman–Crippen MR) is 140 cm³/mol. The number of carbonyl (C=O) groups is 3. The van der Waals surface area contributed by atoms with Crippen LogP contribution in [0.2, 0.25) is 0 Å². The molecule has 0 radical (unpaired) electrons. The van der Waals surface area contributed by atoms with Crippen LogP contribution in [-0.2, 0) is 28.8 Å². The molecule has 2 saturated carbocycles. The van der Waals surface area contributed by atoms with Gasteiger partial charge in [0, 0.05) is 29.4 Å². The van der Waals surface area contributed by atoms with Crippen molar-refractivity contribution in [3.05, 3.63) is 46.0 Å². The molecule has 2 fully saturated rings. The summed E-state index contributed by atoms with van der Waals surface area (Å²) in [5.74, 6) is -1.69. The smallest absolute Gasteiger partial charge is 0.319 e. The molecule has 5 N–H and O–H groups in total. The van der Waals surface area contributed by atoms with Gasteiger partial charge in [0.15, 0.2) is 5.78 Å². The third kappa shape index (κ3) is 4.21. The number of carbonyl (C=O) groups excluding carboxylic acids is 3. The van der Waals surface area contributed by atoms with Gasteiger partial charge >= 0.3 is 5.97 Å². The van der Waals surface area contributed by atoms with Gasteiger partial charge in [0.05, 0.1) is 23.5 Å². The molecule has 0 bridgehead atoms. The van der Waals surface area contributed by atoms with E-state index in [0.29, 0.717) is 43.5 Å². The van der Waals surface area contributed by atoms with E-state index in [-0.39, 0.29) is 35.5 Å². The Hall–Kier alpha value is -3.20. The molecule has 38 heavy (non-hydrogen) atoms. The normalized spacial score (nSPS) is 23.5. The van der Waals surface area contributed by atoms with E-state index in [4.69, 9.17) is 16.2 Å². The second-order valence-corrected chi connectivity index (χ2v) is 11.6. The highest BCUT2D eigenvalue weighted by molar-refractivity contribution is 6.02. The van der Waals surface area contributed by atoms with E-state index >= 15 is 4.39 Å². The van der Waals surface area contributed by atoms with Gasteiger partial charge in [-0.3, -0.25) is 14.4 Å². The lowest BCUT2D eigenvalue weighted by Gasteiger charge is -2.44.